The molecule has 540 valence electrons. The Morgan fingerprint density at radius 1 is 0.387 bits per heavy atom. The van der Waals surface area contributed by atoms with Crippen molar-refractivity contribution in [1.82, 2.24) is 5.32 Å². The van der Waals surface area contributed by atoms with Crippen LogP contribution in [-0.2, 0) is 33.2 Å². The summed E-state index contributed by atoms with van der Waals surface area (Å²) in [5.41, 5.74) is 0. The number of rotatable bonds is 56. The van der Waals surface area contributed by atoms with E-state index in [1.807, 2.05) is 6.08 Å². The lowest BCUT2D eigenvalue weighted by Gasteiger charge is -2.48. The smallest absolute Gasteiger partial charge is 0.220 e. The Kier molecular flexibility index (Phi) is 50.1. The molecule has 17 unspecified atom stereocenters. The van der Waals surface area contributed by atoms with Gasteiger partial charge in [0, 0.05) is 6.42 Å². The van der Waals surface area contributed by atoms with Crippen LogP contribution in [0.5, 0.6) is 0 Å². The second-order valence-electron chi connectivity index (χ2n) is 26.0. The first kappa shape index (κ1) is 84.5. The first-order chi connectivity index (χ1) is 45.3. The van der Waals surface area contributed by atoms with Gasteiger partial charge in [-0.3, -0.25) is 4.79 Å². The van der Waals surface area contributed by atoms with Gasteiger partial charge in [-0.05, 0) is 77.0 Å². The zero-order valence-corrected chi connectivity index (χ0v) is 57.2. The van der Waals surface area contributed by atoms with Crippen molar-refractivity contribution in [3.63, 3.8) is 0 Å². The number of amides is 1. The second kappa shape index (κ2) is 55.1. The van der Waals surface area contributed by atoms with E-state index in [1.54, 1.807) is 6.08 Å². The van der Waals surface area contributed by atoms with Crippen LogP contribution in [0.3, 0.4) is 0 Å². The Morgan fingerprint density at radius 2 is 0.742 bits per heavy atom. The van der Waals surface area contributed by atoms with Crippen molar-refractivity contribution < 1.29 is 89.4 Å². The molecule has 3 aliphatic rings. The predicted octanol–water partition coefficient (Wildman–Crippen LogP) is 10.5. The summed E-state index contributed by atoms with van der Waals surface area (Å²) >= 11 is 0. The zero-order chi connectivity index (χ0) is 67.5. The van der Waals surface area contributed by atoms with Gasteiger partial charge < -0.3 is 89.9 Å². The Morgan fingerprint density at radius 3 is 1.18 bits per heavy atom. The van der Waals surface area contributed by atoms with Gasteiger partial charge in [0.05, 0.1) is 38.6 Å². The molecule has 0 aromatic heterocycles. The van der Waals surface area contributed by atoms with E-state index in [4.69, 9.17) is 28.4 Å². The minimum absolute atomic E-state index is 0.232. The van der Waals surface area contributed by atoms with Crippen LogP contribution >= 0.6 is 0 Å². The van der Waals surface area contributed by atoms with Crippen LogP contribution in [0.15, 0.2) is 72.9 Å². The SMILES string of the molecule is CCC/C=C/CC/C=C/CC/C=C/C(O)C(COC1OC(CO)C(OC2OC(CO)C(OC3OC(CO)C(O)C(O)C3O)C(O)C2O)C(O)C1O)NC(=O)CCCCCCCCCCCCCCCCCCCCCCCC/C=C\C/C=C\C/C=C\CCCCCCC. The molecule has 93 heavy (non-hydrogen) atoms. The Balaban J connectivity index is 1.30. The summed E-state index contributed by atoms with van der Waals surface area (Å²) in [5.74, 6) is -0.290. The highest BCUT2D eigenvalue weighted by Gasteiger charge is 2.53. The summed E-state index contributed by atoms with van der Waals surface area (Å²) in [6, 6.07) is -0.996. The van der Waals surface area contributed by atoms with Gasteiger partial charge in [0.25, 0.3) is 0 Å². The number of carbonyl (C=O) groups is 1. The van der Waals surface area contributed by atoms with Gasteiger partial charge in [0.1, 0.15) is 73.2 Å². The highest BCUT2D eigenvalue weighted by Crippen LogP contribution is 2.33. The molecular weight excluding hydrogens is 1190 g/mol. The summed E-state index contributed by atoms with van der Waals surface area (Å²) in [6.07, 6.45) is 43.6. The fourth-order valence-electron chi connectivity index (χ4n) is 12.0. The minimum Gasteiger partial charge on any atom is -0.394 e. The van der Waals surface area contributed by atoms with Gasteiger partial charge in [-0.25, -0.2) is 0 Å². The van der Waals surface area contributed by atoms with Crippen molar-refractivity contribution in [2.45, 2.75) is 362 Å². The van der Waals surface area contributed by atoms with E-state index in [9.17, 15) is 61.0 Å². The van der Waals surface area contributed by atoms with Crippen molar-refractivity contribution in [2.75, 3.05) is 26.4 Å². The quantitative estimate of drug-likeness (QED) is 0.0199. The normalized spacial score (nSPS) is 27.9. The van der Waals surface area contributed by atoms with Crippen molar-refractivity contribution in [3.8, 4) is 0 Å². The largest absolute Gasteiger partial charge is 0.394 e. The lowest BCUT2D eigenvalue weighted by atomic mass is 9.96. The molecule has 0 aromatic rings. The highest BCUT2D eigenvalue weighted by atomic mass is 16.8. The molecule has 12 N–H and O–H groups in total. The van der Waals surface area contributed by atoms with Crippen molar-refractivity contribution in [2.24, 2.45) is 0 Å². The van der Waals surface area contributed by atoms with Gasteiger partial charge in [-0.15, -0.1) is 0 Å². The van der Waals surface area contributed by atoms with Gasteiger partial charge in [0.2, 0.25) is 5.91 Å². The number of nitrogens with one attached hydrogen (secondary N) is 1. The van der Waals surface area contributed by atoms with E-state index in [1.165, 1.54) is 161 Å². The number of ether oxygens (including phenoxy) is 6. The maximum atomic E-state index is 13.4. The van der Waals surface area contributed by atoms with Gasteiger partial charge in [0.15, 0.2) is 18.9 Å². The van der Waals surface area contributed by atoms with Crippen LogP contribution in [0.4, 0.5) is 0 Å². The molecule has 19 heteroatoms. The standard InChI is InChI=1S/C74H131NO18/c1-3-5-7-9-11-13-15-16-17-18-19-20-21-22-23-24-25-26-27-28-29-30-31-32-33-34-35-36-37-38-39-40-42-44-46-48-50-52-62(80)75-57(58(79)51-49-47-45-43-41-14-12-10-8-6-4-2)56-88-72-68(86)65(83)70(60(54-77)90-72)93-74-69(87)66(84)71(61(55-78)91-74)92-73-67(85)64(82)63(81)59(53-76)89-73/h8,10,15-16,18-19,21-22,41,43,49,51,57-61,63-74,76-79,81-87H,3-7,9,11-14,17,20,23-40,42,44-48,50,52-56H2,1-2H3,(H,75,80)/b10-8+,16-15-,19-18-,22-21-,43-41+,51-49+. The maximum Gasteiger partial charge on any atom is 0.220 e. The van der Waals surface area contributed by atoms with Crippen LogP contribution < -0.4 is 5.32 Å². The summed E-state index contributed by atoms with van der Waals surface area (Å²) < 4.78 is 34.3. The Hall–Kier alpha value is -2.77. The average Bonchev–Trinajstić information content (AvgIpc) is 0.817. The summed E-state index contributed by atoms with van der Waals surface area (Å²) in [4.78, 5) is 13.4. The molecule has 3 fully saturated rings. The van der Waals surface area contributed by atoms with Crippen LogP contribution in [0, 0.1) is 0 Å². The Bertz CT molecular complexity index is 1970. The number of allylic oxidation sites excluding steroid dienone is 11. The number of hydrogen-bond acceptors (Lipinski definition) is 18. The molecule has 19 nitrogen and oxygen atoms in total. The van der Waals surface area contributed by atoms with Crippen LogP contribution in [0.2, 0.25) is 0 Å². The number of aliphatic hydroxyl groups excluding tert-OH is 11. The summed E-state index contributed by atoms with van der Waals surface area (Å²) in [5, 5.41) is 120. The van der Waals surface area contributed by atoms with Gasteiger partial charge in [-0.1, -0.05) is 247 Å². The highest BCUT2D eigenvalue weighted by molar-refractivity contribution is 5.76. The van der Waals surface area contributed by atoms with Crippen LogP contribution in [0.25, 0.3) is 0 Å². The van der Waals surface area contributed by atoms with E-state index in [0.717, 1.165) is 64.2 Å². The van der Waals surface area contributed by atoms with Crippen LogP contribution in [-0.4, -0.2) is 193 Å². The molecule has 3 saturated heterocycles. The molecule has 1 amide bonds. The average molecular weight is 1320 g/mol. The predicted molar refractivity (Wildman–Crippen MR) is 365 cm³/mol. The molecule has 3 heterocycles. The number of aliphatic hydroxyl groups is 11. The molecule has 17 atom stereocenters. The monoisotopic (exact) mass is 1320 g/mol. The fourth-order valence-corrected chi connectivity index (χ4v) is 12.0. The zero-order valence-electron chi connectivity index (χ0n) is 57.2. The molecule has 0 aliphatic carbocycles. The van der Waals surface area contributed by atoms with Crippen molar-refractivity contribution in [1.29, 1.82) is 0 Å². The van der Waals surface area contributed by atoms with Gasteiger partial charge in [-0.2, -0.15) is 0 Å². The first-order valence-corrected chi connectivity index (χ1v) is 36.7. The lowest BCUT2D eigenvalue weighted by Crippen LogP contribution is -2.66. The van der Waals surface area contributed by atoms with E-state index < -0.39 is 124 Å². The molecule has 3 rings (SSSR count). The second-order valence-corrected chi connectivity index (χ2v) is 26.0. The third kappa shape index (κ3) is 36.6. The van der Waals surface area contributed by atoms with E-state index in [-0.39, 0.29) is 18.9 Å². The number of hydrogen-bond donors (Lipinski definition) is 12. The molecule has 0 bridgehead atoms. The van der Waals surface area contributed by atoms with Crippen molar-refractivity contribution >= 4 is 5.91 Å². The maximum absolute atomic E-state index is 13.4. The molecule has 0 aromatic carbocycles. The van der Waals surface area contributed by atoms with E-state index in [0.29, 0.717) is 12.8 Å². The lowest BCUT2D eigenvalue weighted by molar-refractivity contribution is -0.379. The third-order valence-corrected chi connectivity index (χ3v) is 17.9. The fraction of sp³-hybridized carbons (Fsp3) is 0.824. The minimum atomic E-state index is -1.98. The van der Waals surface area contributed by atoms with E-state index >= 15 is 0 Å². The molecule has 0 spiro atoms. The third-order valence-electron chi connectivity index (χ3n) is 17.9. The first-order valence-electron chi connectivity index (χ1n) is 36.7. The number of unbranched alkanes of at least 4 members (excludes halogenated alkanes) is 30. The number of carbonyl (C=O) groups excluding carboxylic acids is 1. The topological polar surface area (TPSA) is 307 Å². The van der Waals surface area contributed by atoms with E-state index in [2.05, 4.69) is 79.9 Å². The summed E-state index contributed by atoms with van der Waals surface area (Å²) in [6.45, 7) is 1.61. The van der Waals surface area contributed by atoms with Crippen LogP contribution in [0.1, 0.15) is 258 Å². The molecule has 3 aliphatic heterocycles. The summed E-state index contributed by atoms with van der Waals surface area (Å²) in [7, 11) is 0. The Labute approximate surface area is 559 Å². The molecule has 0 radical (unpaired) electrons. The molecule has 0 saturated carbocycles. The van der Waals surface area contributed by atoms with Gasteiger partial charge >= 0.3 is 0 Å². The molecular formula is C74H131NO18. The van der Waals surface area contributed by atoms with Crippen molar-refractivity contribution in [3.05, 3.63) is 72.9 Å².